The highest BCUT2D eigenvalue weighted by molar-refractivity contribution is 9.10. The molecule has 0 saturated carbocycles. The van der Waals surface area contributed by atoms with Crippen LogP contribution >= 0.6 is 27.5 Å². The van der Waals surface area contributed by atoms with E-state index in [9.17, 15) is 4.39 Å². The number of rotatable bonds is 1. The summed E-state index contributed by atoms with van der Waals surface area (Å²) in [5.41, 5.74) is 1.42. The van der Waals surface area contributed by atoms with Crippen LogP contribution in [0, 0.1) is 6.92 Å². The highest BCUT2D eigenvalue weighted by Crippen LogP contribution is 2.27. The number of aryl methyl sites for hydroxylation is 1. The number of benzene rings is 1. The minimum absolute atomic E-state index is 0.186. The molecule has 0 saturated heterocycles. The van der Waals surface area contributed by atoms with Crippen LogP contribution in [0.2, 0.25) is 0 Å². The molecule has 1 aromatic rings. The van der Waals surface area contributed by atoms with Crippen molar-refractivity contribution in [3.05, 3.63) is 38.8 Å². The Morgan fingerprint density at radius 2 is 2.08 bits per heavy atom. The Morgan fingerprint density at radius 1 is 1.46 bits per heavy atom. The lowest BCUT2D eigenvalue weighted by molar-refractivity contribution is 0.754. The lowest BCUT2D eigenvalue weighted by Gasteiger charge is -2.04. The van der Waals surface area contributed by atoms with E-state index in [0.717, 1.165) is 10.0 Å². The van der Waals surface area contributed by atoms with Crippen LogP contribution in [0.5, 0.6) is 0 Å². The molecule has 0 atom stereocenters. The number of hydrogen-bond acceptors (Lipinski definition) is 0. The maximum Gasteiger partial charge on any atom is 0.144 e. The summed E-state index contributed by atoms with van der Waals surface area (Å²) < 4.78 is 14.3. The molecule has 0 radical (unpaired) electrons. The highest BCUT2D eigenvalue weighted by atomic mass is 79.9. The molecule has 0 aliphatic rings. The molecule has 0 aromatic heterocycles. The molecule has 0 aliphatic carbocycles. The molecular weight excluding hydrogens is 254 g/mol. The van der Waals surface area contributed by atoms with Gasteiger partial charge in [-0.15, -0.1) is 0 Å². The van der Waals surface area contributed by atoms with Gasteiger partial charge in [0.2, 0.25) is 0 Å². The standard InChI is InChI=1S/C10H9BrClF/c1-6-5-8(11)3-4-9(6)10(13)7(2)12/h3-5H,1-2H3/b10-7-. The van der Waals surface area contributed by atoms with Crippen molar-refractivity contribution in [1.29, 1.82) is 0 Å². The van der Waals surface area contributed by atoms with Crippen molar-refractivity contribution >= 4 is 33.4 Å². The van der Waals surface area contributed by atoms with Gasteiger partial charge in [-0.05, 0) is 31.5 Å². The van der Waals surface area contributed by atoms with Gasteiger partial charge in [-0.1, -0.05) is 33.6 Å². The van der Waals surface area contributed by atoms with E-state index in [1.165, 1.54) is 0 Å². The Labute approximate surface area is 90.5 Å². The molecule has 1 aromatic carbocycles. The molecule has 0 aliphatic heterocycles. The van der Waals surface area contributed by atoms with E-state index in [-0.39, 0.29) is 10.9 Å². The van der Waals surface area contributed by atoms with Gasteiger partial charge in [0.05, 0.1) is 5.03 Å². The molecule has 0 unspecified atom stereocenters. The van der Waals surface area contributed by atoms with E-state index in [4.69, 9.17) is 11.6 Å². The second-order valence-corrected chi connectivity index (χ2v) is 4.29. The van der Waals surface area contributed by atoms with Gasteiger partial charge in [0.15, 0.2) is 0 Å². The summed E-state index contributed by atoms with van der Waals surface area (Å²) in [6, 6.07) is 5.36. The molecule has 3 heteroatoms. The van der Waals surface area contributed by atoms with Crippen LogP contribution in [0.15, 0.2) is 27.7 Å². The van der Waals surface area contributed by atoms with Crippen molar-refractivity contribution in [2.45, 2.75) is 13.8 Å². The smallest absolute Gasteiger partial charge is 0.144 e. The van der Waals surface area contributed by atoms with E-state index < -0.39 is 0 Å². The zero-order valence-corrected chi connectivity index (χ0v) is 9.71. The number of halogens is 3. The van der Waals surface area contributed by atoms with Crippen LogP contribution in [0.25, 0.3) is 5.83 Å². The summed E-state index contributed by atoms with van der Waals surface area (Å²) in [7, 11) is 0. The normalized spacial score (nSPS) is 12.7. The predicted octanol–water partition coefficient (Wildman–Crippen LogP) is 4.65. The maximum absolute atomic E-state index is 13.4. The first-order chi connectivity index (χ1) is 6.02. The second kappa shape index (κ2) is 4.25. The average molecular weight is 264 g/mol. The fourth-order valence-electron chi connectivity index (χ4n) is 1.06. The van der Waals surface area contributed by atoms with E-state index >= 15 is 0 Å². The fraction of sp³-hybridized carbons (Fsp3) is 0.200. The van der Waals surface area contributed by atoms with Crippen LogP contribution in [0.1, 0.15) is 18.1 Å². The van der Waals surface area contributed by atoms with Gasteiger partial charge < -0.3 is 0 Å². The average Bonchev–Trinajstić information content (AvgIpc) is 2.03. The largest absolute Gasteiger partial charge is 0.205 e. The molecule has 0 fully saturated rings. The fourth-order valence-corrected chi connectivity index (χ4v) is 1.64. The van der Waals surface area contributed by atoms with Gasteiger partial charge in [0.25, 0.3) is 0 Å². The topological polar surface area (TPSA) is 0 Å². The second-order valence-electron chi connectivity index (χ2n) is 2.81. The Balaban J connectivity index is 3.25. The summed E-state index contributed by atoms with van der Waals surface area (Å²) in [5.74, 6) is -0.355. The molecular formula is C10H9BrClF. The molecule has 0 amide bonds. The van der Waals surface area contributed by atoms with Crippen molar-refractivity contribution in [2.24, 2.45) is 0 Å². The monoisotopic (exact) mass is 262 g/mol. The number of allylic oxidation sites excluding steroid dienone is 1. The first-order valence-electron chi connectivity index (χ1n) is 3.80. The van der Waals surface area contributed by atoms with Crippen molar-refractivity contribution in [3.63, 3.8) is 0 Å². The minimum atomic E-state index is -0.355. The summed E-state index contributed by atoms with van der Waals surface area (Å²) >= 11 is 8.88. The van der Waals surface area contributed by atoms with E-state index in [1.807, 2.05) is 13.0 Å². The van der Waals surface area contributed by atoms with E-state index in [2.05, 4.69) is 15.9 Å². The van der Waals surface area contributed by atoms with Gasteiger partial charge in [-0.25, -0.2) is 4.39 Å². The summed E-state index contributed by atoms with van der Waals surface area (Å²) in [5, 5.41) is 0.186. The van der Waals surface area contributed by atoms with Gasteiger partial charge >= 0.3 is 0 Å². The highest BCUT2D eigenvalue weighted by Gasteiger charge is 2.06. The van der Waals surface area contributed by atoms with Crippen molar-refractivity contribution < 1.29 is 4.39 Å². The Morgan fingerprint density at radius 3 is 2.54 bits per heavy atom. The molecule has 13 heavy (non-hydrogen) atoms. The lowest BCUT2D eigenvalue weighted by atomic mass is 10.1. The van der Waals surface area contributed by atoms with Crippen LogP contribution in [0.4, 0.5) is 4.39 Å². The molecule has 0 heterocycles. The van der Waals surface area contributed by atoms with Crippen molar-refractivity contribution in [2.75, 3.05) is 0 Å². The summed E-state index contributed by atoms with van der Waals surface area (Å²) in [4.78, 5) is 0. The van der Waals surface area contributed by atoms with Crippen molar-refractivity contribution in [1.82, 2.24) is 0 Å². The Hall–Kier alpha value is -0.340. The zero-order valence-electron chi connectivity index (χ0n) is 7.37. The van der Waals surface area contributed by atoms with Gasteiger partial charge in [-0.2, -0.15) is 0 Å². The zero-order chi connectivity index (χ0) is 10.0. The van der Waals surface area contributed by atoms with Crippen LogP contribution < -0.4 is 0 Å². The van der Waals surface area contributed by atoms with Gasteiger partial charge in [0, 0.05) is 10.0 Å². The maximum atomic E-state index is 13.4. The SMILES string of the molecule is C/C(Cl)=C(/F)c1ccc(Br)cc1C. The molecule has 1 rings (SSSR count). The molecule has 70 valence electrons. The number of hydrogen-bond donors (Lipinski definition) is 0. The van der Waals surface area contributed by atoms with Crippen LogP contribution in [0.3, 0.4) is 0 Å². The quantitative estimate of drug-likeness (QED) is 0.691. The van der Waals surface area contributed by atoms with Crippen LogP contribution in [-0.4, -0.2) is 0 Å². The predicted molar refractivity (Wildman–Crippen MR) is 58.4 cm³/mol. The summed E-state index contributed by atoms with van der Waals surface area (Å²) in [6.45, 7) is 3.39. The Kier molecular flexibility index (Phi) is 3.51. The molecule has 0 nitrogen and oxygen atoms in total. The Bertz CT molecular complexity index is 354. The first kappa shape index (κ1) is 10.7. The first-order valence-corrected chi connectivity index (χ1v) is 4.98. The molecule has 0 spiro atoms. The van der Waals surface area contributed by atoms with Gasteiger partial charge in [-0.3, -0.25) is 0 Å². The molecule has 0 N–H and O–H groups in total. The van der Waals surface area contributed by atoms with E-state index in [0.29, 0.717) is 5.56 Å². The van der Waals surface area contributed by atoms with Crippen LogP contribution in [-0.2, 0) is 0 Å². The summed E-state index contributed by atoms with van der Waals surface area (Å²) in [6.07, 6.45) is 0. The lowest BCUT2D eigenvalue weighted by Crippen LogP contribution is -1.85. The molecule has 0 bridgehead atoms. The van der Waals surface area contributed by atoms with Crippen molar-refractivity contribution in [3.8, 4) is 0 Å². The van der Waals surface area contributed by atoms with E-state index in [1.54, 1.807) is 19.1 Å². The third kappa shape index (κ3) is 2.55. The third-order valence-electron chi connectivity index (χ3n) is 1.73. The van der Waals surface area contributed by atoms with Gasteiger partial charge in [0.1, 0.15) is 5.83 Å². The minimum Gasteiger partial charge on any atom is -0.205 e. The third-order valence-corrected chi connectivity index (χ3v) is 2.39.